The van der Waals surface area contributed by atoms with Gasteiger partial charge >= 0.3 is 6.03 Å². The molecule has 0 aliphatic carbocycles. The first kappa shape index (κ1) is 14.7. The van der Waals surface area contributed by atoms with Gasteiger partial charge in [-0.05, 0) is 23.8 Å². The summed E-state index contributed by atoms with van der Waals surface area (Å²) in [6, 6.07) is 6.99. The van der Waals surface area contributed by atoms with Crippen LogP contribution < -0.4 is 10.6 Å². The first-order valence-corrected chi connectivity index (χ1v) is 6.32. The highest BCUT2D eigenvalue weighted by Crippen LogP contribution is 2.22. The zero-order valence-electron chi connectivity index (χ0n) is 10.7. The number of nitrogens with one attached hydrogen (secondary N) is 2. The molecule has 2 aromatic rings. The molecule has 2 N–H and O–H groups in total. The SMILES string of the molecule is O=C(NCc1ccc([N+](=O)[O-])cc1Cl)Nc1ccncc1. The fraction of sp³-hybridized carbons (Fsp3) is 0.0769. The smallest absolute Gasteiger partial charge is 0.319 e. The molecular formula is C13H11ClN4O3. The van der Waals surface area contributed by atoms with Gasteiger partial charge in [0.2, 0.25) is 0 Å². The molecule has 0 saturated carbocycles. The minimum atomic E-state index is -0.529. The van der Waals surface area contributed by atoms with Crippen LogP contribution in [0.15, 0.2) is 42.7 Å². The van der Waals surface area contributed by atoms with Crippen molar-refractivity contribution in [2.45, 2.75) is 6.54 Å². The third-order valence-corrected chi connectivity index (χ3v) is 2.98. The van der Waals surface area contributed by atoms with Gasteiger partial charge in [0.1, 0.15) is 0 Å². The molecule has 0 atom stereocenters. The molecule has 1 heterocycles. The Bertz CT molecular complexity index is 664. The fourth-order valence-corrected chi connectivity index (χ4v) is 1.82. The third-order valence-electron chi connectivity index (χ3n) is 2.63. The first-order chi connectivity index (χ1) is 10.1. The number of amides is 2. The minimum Gasteiger partial charge on any atom is -0.334 e. The van der Waals surface area contributed by atoms with Gasteiger partial charge in [0.15, 0.2) is 0 Å². The number of hydrogen-bond donors (Lipinski definition) is 2. The standard InChI is InChI=1S/C13H11ClN4O3/c14-12-7-11(18(20)21)2-1-9(12)8-16-13(19)17-10-3-5-15-6-4-10/h1-7H,8H2,(H2,15,16,17,19). The molecule has 1 aromatic carbocycles. The Morgan fingerprint density at radius 3 is 2.62 bits per heavy atom. The molecule has 0 bridgehead atoms. The van der Waals surface area contributed by atoms with Crippen molar-refractivity contribution in [2.24, 2.45) is 0 Å². The zero-order chi connectivity index (χ0) is 15.2. The number of pyridine rings is 1. The predicted octanol–water partition coefficient (Wildman–Crippen LogP) is 2.96. The van der Waals surface area contributed by atoms with E-state index in [9.17, 15) is 14.9 Å². The highest BCUT2D eigenvalue weighted by molar-refractivity contribution is 6.31. The molecule has 1 aromatic heterocycles. The molecule has 8 heteroatoms. The summed E-state index contributed by atoms with van der Waals surface area (Å²) in [6.45, 7) is 0.160. The molecule has 2 rings (SSSR count). The number of halogens is 1. The number of hydrogen-bond acceptors (Lipinski definition) is 4. The van der Waals surface area contributed by atoms with E-state index in [1.54, 1.807) is 24.5 Å². The number of nitrogens with zero attached hydrogens (tertiary/aromatic N) is 2. The highest BCUT2D eigenvalue weighted by Gasteiger charge is 2.10. The number of carbonyl (C=O) groups is 1. The monoisotopic (exact) mass is 306 g/mol. The molecule has 0 fully saturated rings. The molecule has 0 aliphatic rings. The lowest BCUT2D eigenvalue weighted by Crippen LogP contribution is -2.28. The number of rotatable bonds is 4. The Labute approximate surface area is 125 Å². The van der Waals surface area contributed by atoms with E-state index in [1.165, 1.54) is 18.2 Å². The second-order valence-corrected chi connectivity index (χ2v) is 4.48. The lowest BCUT2D eigenvalue weighted by Gasteiger charge is -2.08. The van der Waals surface area contributed by atoms with Crippen molar-refractivity contribution in [3.8, 4) is 0 Å². The van der Waals surface area contributed by atoms with Gasteiger partial charge in [-0.3, -0.25) is 15.1 Å². The average Bonchev–Trinajstić information content (AvgIpc) is 2.47. The molecule has 0 spiro atoms. The van der Waals surface area contributed by atoms with Crippen LogP contribution in [-0.4, -0.2) is 15.9 Å². The number of nitro benzene ring substituents is 1. The summed E-state index contributed by atoms with van der Waals surface area (Å²) >= 11 is 5.93. The molecule has 0 aliphatic heterocycles. The number of nitro groups is 1. The van der Waals surface area contributed by atoms with Gasteiger partial charge in [0, 0.05) is 36.8 Å². The number of benzene rings is 1. The summed E-state index contributed by atoms with van der Waals surface area (Å²) in [5.74, 6) is 0. The molecule has 0 saturated heterocycles. The number of anilines is 1. The van der Waals surface area contributed by atoms with E-state index in [2.05, 4.69) is 15.6 Å². The van der Waals surface area contributed by atoms with E-state index in [1.807, 2.05) is 0 Å². The number of non-ortho nitro benzene ring substituents is 1. The van der Waals surface area contributed by atoms with Crippen LogP contribution in [0.5, 0.6) is 0 Å². The molecular weight excluding hydrogens is 296 g/mol. The van der Waals surface area contributed by atoms with Crippen LogP contribution in [0, 0.1) is 10.1 Å². The Morgan fingerprint density at radius 2 is 2.00 bits per heavy atom. The first-order valence-electron chi connectivity index (χ1n) is 5.94. The number of aromatic nitrogens is 1. The van der Waals surface area contributed by atoms with Crippen molar-refractivity contribution in [3.63, 3.8) is 0 Å². The number of carbonyl (C=O) groups excluding carboxylic acids is 1. The Balaban J connectivity index is 1.94. The third kappa shape index (κ3) is 4.15. The van der Waals surface area contributed by atoms with E-state index < -0.39 is 11.0 Å². The highest BCUT2D eigenvalue weighted by atomic mass is 35.5. The van der Waals surface area contributed by atoms with Gasteiger partial charge < -0.3 is 10.6 Å². The largest absolute Gasteiger partial charge is 0.334 e. The van der Waals surface area contributed by atoms with E-state index in [-0.39, 0.29) is 17.3 Å². The molecule has 108 valence electrons. The second kappa shape index (κ2) is 6.67. The van der Waals surface area contributed by atoms with Gasteiger partial charge in [-0.25, -0.2) is 4.79 Å². The summed E-state index contributed by atoms with van der Waals surface area (Å²) < 4.78 is 0. The van der Waals surface area contributed by atoms with Crippen molar-refractivity contribution in [3.05, 3.63) is 63.4 Å². The van der Waals surface area contributed by atoms with Gasteiger partial charge in [-0.15, -0.1) is 0 Å². The Hall–Kier alpha value is -2.67. The van der Waals surface area contributed by atoms with E-state index in [0.29, 0.717) is 11.3 Å². The van der Waals surface area contributed by atoms with Crippen LogP contribution in [0.4, 0.5) is 16.2 Å². The second-order valence-electron chi connectivity index (χ2n) is 4.08. The fourth-order valence-electron chi connectivity index (χ4n) is 1.58. The maximum absolute atomic E-state index is 11.7. The maximum Gasteiger partial charge on any atom is 0.319 e. The summed E-state index contributed by atoms with van der Waals surface area (Å²) in [5.41, 5.74) is 1.11. The van der Waals surface area contributed by atoms with Gasteiger partial charge in [-0.1, -0.05) is 11.6 Å². The molecule has 0 unspecified atom stereocenters. The quantitative estimate of drug-likeness (QED) is 0.670. The van der Waals surface area contributed by atoms with Gasteiger partial charge in [0.05, 0.1) is 9.95 Å². The molecule has 7 nitrogen and oxygen atoms in total. The number of urea groups is 1. The van der Waals surface area contributed by atoms with Crippen molar-refractivity contribution in [1.82, 2.24) is 10.3 Å². The summed E-state index contributed by atoms with van der Waals surface area (Å²) in [7, 11) is 0. The zero-order valence-corrected chi connectivity index (χ0v) is 11.5. The Kier molecular flexibility index (Phi) is 4.68. The average molecular weight is 307 g/mol. The normalized spacial score (nSPS) is 9.95. The maximum atomic E-state index is 11.7. The topological polar surface area (TPSA) is 97.2 Å². The van der Waals surface area contributed by atoms with Gasteiger partial charge in [-0.2, -0.15) is 0 Å². The van der Waals surface area contributed by atoms with Crippen LogP contribution in [0.2, 0.25) is 5.02 Å². The minimum absolute atomic E-state index is 0.0926. The summed E-state index contributed by atoms with van der Waals surface area (Å²) in [6.07, 6.45) is 3.12. The Morgan fingerprint density at radius 1 is 1.29 bits per heavy atom. The van der Waals surface area contributed by atoms with Crippen LogP contribution in [0.3, 0.4) is 0 Å². The van der Waals surface area contributed by atoms with E-state index >= 15 is 0 Å². The van der Waals surface area contributed by atoms with E-state index in [0.717, 1.165) is 0 Å². The summed E-state index contributed by atoms with van der Waals surface area (Å²) in [5, 5.41) is 16.1. The van der Waals surface area contributed by atoms with E-state index in [4.69, 9.17) is 11.6 Å². The van der Waals surface area contributed by atoms with Crippen LogP contribution in [0.25, 0.3) is 0 Å². The van der Waals surface area contributed by atoms with Crippen molar-refractivity contribution < 1.29 is 9.72 Å². The summed E-state index contributed by atoms with van der Waals surface area (Å²) in [4.78, 5) is 25.6. The van der Waals surface area contributed by atoms with Gasteiger partial charge in [0.25, 0.3) is 5.69 Å². The van der Waals surface area contributed by atoms with Crippen LogP contribution in [0.1, 0.15) is 5.56 Å². The predicted molar refractivity (Wildman–Crippen MR) is 78.2 cm³/mol. The molecule has 0 radical (unpaired) electrons. The van der Waals surface area contributed by atoms with Crippen molar-refractivity contribution in [2.75, 3.05) is 5.32 Å². The lowest BCUT2D eigenvalue weighted by molar-refractivity contribution is -0.384. The molecule has 21 heavy (non-hydrogen) atoms. The van der Waals surface area contributed by atoms with Crippen molar-refractivity contribution in [1.29, 1.82) is 0 Å². The van der Waals surface area contributed by atoms with Crippen LogP contribution >= 0.6 is 11.6 Å². The molecule has 2 amide bonds. The van der Waals surface area contributed by atoms with Crippen LogP contribution in [-0.2, 0) is 6.54 Å². The van der Waals surface area contributed by atoms with Crippen molar-refractivity contribution >= 4 is 29.0 Å². The lowest BCUT2D eigenvalue weighted by atomic mass is 10.2.